The number of cyclic esters (lactones) is 1. The number of rotatable bonds is 10. The predicted octanol–water partition coefficient (Wildman–Crippen LogP) is 9.11. The zero-order chi connectivity index (χ0) is 35.2. The number of alkyl halides is 3. The average Bonchev–Trinajstić information content (AvgIpc) is 3.91. The summed E-state index contributed by atoms with van der Waals surface area (Å²) in [4.78, 5) is 31.4. The molecule has 48 heavy (non-hydrogen) atoms. The van der Waals surface area contributed by atoms with Crippen LogP contribution in [0, 0.1) is 19.8 Å². The van der Waals surface area contributed by atoms with Crippen LogP contribution in [-0.4, -0.2) is 52.5 Å². The van der Waals surface area contributed by atoms with Crippen molar-refractivity contribution in [2.45, 2.75) is 77.2 Å². The molecular formula is C38H39F3N2O5. The van der Waals surface area contributed by atoms with E-state index in [1.807, 2.05) is 44.2 Å². The Morgan fingerprint density at radius 3 is 2.40 bits per heavy atom. The van der Waals surface area contributed by atoms with Gasteiger partial charge in [0.1, 0.15) is 11.9 Å². The third-order valence-electron chi connectivity index (χ3n) is 8.50. The number of terminal acetylenes is 1. The second-order valence-corrected chi connectivity index (χ2v) is 11.9. The van der Waals surface area contributed by atoms with Crippen LogP contribution in [0.4, 0.5) is 18.0 Å². The van der Waals surface area contributed by atoms with E-state index in [2.05, 4.69) is 12.8 Å². The van der Waals surface area contributed by atoms with Crippen molar-refractivity contribution in [2.24, 2.45) is 0 Å². The van der Waals surface area contributed by atoms with E-state index in [9.17, 15) is 27.9 Å². The monoisotopic (exact) mass is 660 g/mol. The van der Waals surface area contributed by atoms with Crippen LogP contribution in [-0.2, 0) is 11.3 Å². The number of benzene rings is 2. The number of carbonyl (C=O) groups is 2. The summed E-state index contributed by atoms with van der Waals surface area (Å²) >= 11 is 0. The number of allylic oxidation sites excluding steroid dienone is 3. The number of carboxylic acid groups (broad SMARTS) is 1. The summed E-state index contributed by atoms with van der Waals surface area (Å²) < 4.78 is 51.5. The number of carboxylic acids is 1. The largest absolute Gasteiger partial charge is 0.496 e. The van der Waals surface area contributed by atoms with Gasteiger partial charge in [-0.3, -0.25) is 9.88 Å². The number of hydrogen-bond acceptors (Lipinski definition) is 5. The molecule has 2 atom stereocenters. The Hall–Kier alpha value is -5.04. The van der Waals surface area contributed by atoms with Crippen molar-refractivity contribution in [1.29, 1.82) is 0 Å². The molecule has 3 aromatic rings. The van der Waals surface area contributed by atoms with E-state index in [1.165, 1.54) is 13.0 Å². The number of aryl methyl sites for hydroxylation is 1. The first-order valence-electron chi connectivity index (χ1n) is 15.6. The van der Waals surface area contributed by atoms with Crippen LogP contribution in [0.3, 0.4) is 0 Å². The molecule has 2 aliphatic rings. The average molecular weight is 661 g/mol. The number of hydrogen-bond donors (Lipinski definition) is 1. The molecule has 1 aromatic heterocycles. The first-order chi connectivity index (χ1) is 22.9. The molecule has 1 saturated heterocycles. The van der Waals surface area contributed by atoms with Gasteiger partial charge in [0, 0.05) is 41.6 Å². The van der Waals surface area contributed by atoms with E-state index in [-0.39, 0.29) is 24.6 Å². The number of ether oxygens (including phenoxy) is 2. The molecule has 7 nitrogen and oxygen atoms in total. The summed E-state index contributed by atoms with van der Waals surface area (Å²) in [5.41, 5.74) is 5.11. The standard InChI is InChI=1S/C36H37F3N2O5.C2H2/c1-5-6-26(36(37,38)39)11-12-27-18-22(3)41(35(44)46-27)20-32-29(14-15-31(40-32)23-7-8-23)30-19-24(10-16-33(30)45-4)28-13-9-25(34(42)43)17-21(28)2;1-2/h5-6,9-11,13-17,19,22-23,27H,7-8,12,18,20H2,1-4H3,(H,42,43);1-2H/b6-5-,26-11+;/t22?,27-;/m1./s1. The highest BCUT2D eigenvalue weighted by Gasteiger charge is 2.36. The summed E-state index contributed by atoms with van der Waals surface area (Å²) in [6.45, 7) is 5.39. The van der Waals surface area contributed by atoms with Crippen LogP contribution in [0.25, 0.3) is 22.3 Å². The molecule has 1 amide bonds. The Bertz CT molecular complexity index is 1740. The van der Waals surface area contributed by atoms with Crippen molar-refractivity contribution in [3.8, 4) is 40.9 Å². The SMILES string of the molecule is C#C.C/C=C\C(=C/C[C@@H]1CC(C)N(Cc2nc(C3CC3)ccc2-c2cc(-c3ccc(C(=O)O)cc3C)ccc2OC)C(=O)O1)C(F)(F)F. The zero-order valence-corrected chi connectivity index (χ0v) is 27.4. The first kappa shape index (κ1) is 35.8. The zero-order valence-electron chi connectivity index (χ0n) is 27.4. The molecule has 0 spiro atoms. The fourth-order valence-corrected chi connectivity index (χ4v) is 5.89. The maximum Gasteiger partial charge on any atom is 0.416 e. The van der Waals surface area contributed by atoms with Gasteiger partial charge in [0.2, 0.25) is 0 Å². The number of pyridine rings is 1. The van der Waals surface area contributed by atoms with Gasteiger partial charge in [0.25, 0.3) is 0 Å². The quantitative estimate of drug-likeness (QED) is 0.172. The van der Waals surface area contributed by atoms with Gasteiger partial charge in [-0.1, -0.05) is 36.4 Å². The molecule has 2 heterocycles. The van der Waals surface area contributed by atoms with E-state index in [0.29, 0.717) is 23.8 Å². The number of nitrogens with zero attached hydrogens (tertiary/aromatic N) is 2. The predicted molar refractivity (Wildman–Crippen MR) is 179 cm³/mol. The van der Waals surface area contributed by atoms with Crippen LogP contribution < -0.4 is 4.74 Å². The molecule has 0 radical (unpaired) electrons. The Balaban J connectivity index is 0.00000255. The molecule has 5 rings (SSSR count). The maximum absolute atomic E-state index is 13.4. The fraction of sp³-hybridized carbons (Fsp3) is 0.342. The van der Waals surface area contributed by atoms with Crippen molar-refractivity contribution < 1.29 is 37.3 Å². The second-order valence-electron chi connectivity index (χ2n) is 11.9. The summed E-state index contributed by atoms with van der Waals surface area (Å²) in [7, 11) is 1.58. The highest BCUT2D eigenvalue weighted by Crippen LogP contribution is 2.42. The molecule has 0 bridgehead atoms. The molecule has 1 unspecified atom stereocenters. The summed E-state index contributed by atoms with van der Waals surface area (Å²) in [6.07, 6.45) is 8.06. The minimum Gasteiger partial charge on any atom is -0.496 e. The lowest BCUT2D eigenvalue weighted by Crippen LogP contribution is -2.47. The van der Waals surface area contributed by atoms with E-state index in [0.717, 1.165) is 58.5 Å². The van der Waals surface area contributed by atoms with Crippen LogP contribution in [0.1, 0.15) is 72.8 Å². The number of aromatic carboxylic acids is 1. The van der Waals surface area contributed by atoms with Crippen molar-refractivity contribution in [2.75, 3.05) is 7.11 Å². The number of halogens is 3. The van der Waals surface area contributed by atoms with Gasteiger partial charge in [0.15, 0.2) is 0 Å². The van der Waals surface area contributed by atoms with Gasteiger partial charge in [-0.25, -0.2) is 9.59 Å². The molecule has 252 valence electrons. The van der Waals surface area contributed by atoms with E-state index < -0.39 is 29.9 Å². The summed E-state index contributed by atoms with van der Waals surface area (Å²) in [5, 5.41) is 9.41. The molecule has 1 N–H and O–H groups in total. The molecule has 10 heteroatoms. The lowest BCUT2D eigenvalue weighted by Gasteiger charge is -2.37. The Kier molecular flexibility index (Phi) is 11.4. The molecule has 2 fully saturated rings. The lowest BCUT2D eigenvalue weighted by atomic mass is 9.93. The van der Waals surface area contributed by atoms with Crippen molar-refractivity contribution in [1.82, 2.24) is 9.88 Å². The third kappa shape index (κ3) is 8.26. The van der Waals surface area contributed by atoms with E-state index in [4.69, 9.17) is 14.5 Å². The van der Waals surface area contributed by atoms with E-state index >= 15 is 0 Å². The van der Waals surface area contributed by atoms with Crippen molar-refractivity contribution >= 4 is 12.1 Å². The van der Waals surface area contributed by atoms with Crippen LogP contribution >= 0.6 is 0 Å². The number of carbonyl (C=O) groups excluding carboxylic acids is 1. The van der Waals surface area contributed by atoms with Crippen molar-refractivity contribution in [3.63, 3.8) is 0 Å². The Labute approximate surface area is 279 Å². The molecule has 2 aromatic carbocycles. The maximum atomic E-state index is 13.4. The number of methoxy groups -OCH3 is 1. The minimum absolute atomic E-state index is 0.0411. The number of aromatic nitrogens is 1. The third-order valence-corrected chi connectivity index (χ3v) is 8.50. The van der Waals surface area contributed by atoms with E-state index in [1.54, 1.807) is 30.2 Å². The van der Waals surface area contributed by atoms with Crippen LogP contribution in [0.15, 0.2) is 72.3 Å². The summed E-state index contributed by atoms with van der Waals surface area (Å²) in [6, 6.07) is 14.4. The highest BCUT2D eigenvalue weighted by atomic mass is 19.4. The first-order valence-corrected chi connectivity index (χ1v) is 15.6. The van der Waals surface area contributed by atoms with Gasteiger partial charge < -0.3 is 14.6 Å². The van der Waals surface area contributed by atoms with Crippen LogP contribution in [0.2, 0.25) is 0 Å². The molecule has 1 saturated carbocycles. The Morgan fingerprint density at radius 1 is 1.10 bits per heavy atom. The molecular weight excluding hydrogens is 621 g/mol. The normalized spacial score (nSPS) is 18.2. The van der Waals surface area contributed by atoms with Crippen molar-refractivity contribution in [3.05, 3.63) is 94.8 Å². The fourth-order valence-electron chi connectivity index (χ4n) is 5.89. The molecule has 1 aliphatic carbocycles. The topological polar surface area (TPSA) is 89.0 Å². The van der Waals surface area contributed by atoms with Gasteiger partial charge in [-0.15, -0.1) is 12.8 Å². The summed E-state index contributed by atoms with van der Waals surface area (Å²) in [5.74, 6) is -0.0312. The minimum atomic E-state index is -4.49. The lowest BCUT2D eigenvalue weighted by molar-refractivity contribution is -0.0886. The van der Waals surface area contributed by atoms with Crippen LogP contribution in [0.5, 0.6) is 5.75 Å². The van der Waals surface area contributed by atoms with Gasteiger partial charge in [-0.05, 0) is 80.6 Å². The molecule has 1 aliphatic heterocycles. The van der Waals surface area contributed by atoms with Gasteiger partial charge in [-0.2, -0.15) is 13.2 Å². The number of amides is 1. The van der Waals surface area contributed by atoms with Gasteiger partial charge in [0.05, 0.1) is 30.5 Å². The smallest absolute Gasteiger partial charge is 0.416 e. The second kappa shape index (κ2) is 15.2. The van der Waals surface area contributed by atoms with Gasteiger partial charge >= 0.3 is 18.2 Å². The Morgan fingerprint density at radius 2 is 1.81 bits per heavy atom. The highest BCUT2D eigenvalue weighted by molar-refractivity contribution is 5.89.